The molecule has 0 atom stereocenters. The zero-order chi connectivity index (χ0) is 17.0. The number of benzene rings is 1. The Morgan fingerprint density at radius 3 is 1.95 bits per heavy atom. The van der Waals surface area contributed by atoms with E-state index < -0.39 is 0 Å². The maximum atomic E-state index is 11.7. The maximum Gasteiger partial charge on any atom is 0.306 e. The predicted octanol–water partition coefficient (Wildman–Crippen LogP) is 4.94. The van der Waals surface area contributed by atoms with Crippen LogP contribution >= 0.6 is 0 Å². The van der Waals surface area contributed by atoms with Crippen molar-refractivity contribution < 1.29 is 9.53 Å². The Morgan fingerprint density at radius 1 is 1.05 bits per heavy atom. The van der Waals surface area contributed by atoms with E-state index in [1.54, 1.807) is 6.08 Å². The van der Waals surface area contributed by atoms with Gasteiger partial charge >= 0.3 is 5.97 Å². The SMILES string of the molecule is C=CCOC(=O)CCc1cc(C(C)(C)C)cc(C(C)(C)C)c1. The Kier molecular flexibility index (Phi) is 5.99. The molecular weight excluding hydrogens is 272 g/mol. The van der Waals surface area contributed by atoms with E-state index in [2.05, 4.69) is 66.3 Å². The molecule has 0 saturated heterocycles. The van der Waals surface area contributed by atoms with Crippen LogP contribution in [0.4, 0.5) is 0 Å². The van der Waals surface area contributed by atoms with E-state index in [0.29, 0.717) is 12.8 Å². The number of carbonyl (C=O) groups is 1. The number of rotatable bonds is 5. The summed E-state index contributed by atoms with van der Waals surface area (Å²) in [5.41, 5.74) is 4.02. The van der Waals surface area contributed by atoms with E-state index in [0.717, 1.165) is 0 Å². The Balaban J connectivity index is 2.99. The molecule has 0 fully saturated rings. The summed E-state index contributed by atoms with van der Waals surface area (Å²) in [6.07, 6.45) is 2.71. The zero-order valence-corrected chi connectivity index (χ0v) is 15.0. The average molecular weight is 302 g/mol. The lowest BCUT2D eigenvalue weighted by Gasteiger charge is -2.26. The summed E-state index contributed by atoms with van der Waals surface area (Å²) >= 11 is 0. The largest absolute Gasteiger partial charge is 0.461 e. The van der Waals surface area contributed by atoms with Crippen LogP contribution in [0.2, 0.25) is 0 Å². The first-order chi connectivity index (χ1) is 10.0. The van der Waals surface area contributed by atoms with Crippen LogP contribution in [0, 0.1) is 0 Å². The van der Waals surface area contributed by atoms with Gasteiger partial charge in [-0.25, -0.2) is 0 Å². The number of ether oxygens (including phenoxy) is 1. The molecule has 0 N–H and O–H groups in total. The van der Waals surface area contributed by atoms with Gasteiger partial charge in [0.1, 0.15) is 6.61 Å². The fourth-order valence-electron chi connectivity index (χ4n) is 2.17. The monoisotopic (exact) mass is 302 g/mol. The molecule has 122 valence electrons. The van der Waals surface area contributed by atoms with Crippen molar-refractivity contribution in [2.24, 2.45) is 0 Å². The number of hydrogen-bond donors (Lipinski definition) is 0. The van der Waals surface area contributed by atoms with Crippen molar-refractivity contribution >= 4 is 5.97 Å². The lowest BCUT2D eigenvalue weighted by Crippen LogP contribution is -2.17. The first-order valence-corrected chi connectivity index (χ1v) is 7.95. The molecule has 0 aliphatic heterocycles. The molecule has 22 heavy (non-hydrogen) atoms. The van der Waals surface area contributed by atoms with Gasteiger partial charge in [-0.05, 0) is 33.9 Å². The second-order valence-electron chi connectivity index (χ2n) is 7.89. The Hall–Kier alpha value is -1.57. The highest BCUT2D eigenvalue weighted by molar-refractivity contribution is 5.69. The minimum Gasteiger partial charge on any atom is -0.461 e. The highest BCUT2D eigenvalue weighted by Crippen LogP contribution is 2.30. The molecule has 0 spiro atoms. The Morgan fingerprint density at radius 2 is 1.55 bits per heavy atom. The quantitative estimate of drug-likeness (QED) is 0.568. The van der Waals surface area contributed by atoms with Gasteiger partial charge in [0.25, 0.3) is 0 Å². The highest BCUT2D eigenvalue weighted by Gasteiger charge is 2.20. The van der Waals surface area contributed by atoms with Crippen molar-refractivity contribution in [3.05, 3.63) is 47.5 Å². The molecule has 0 unspecified atom stereocenters. The second-order valence-corrected chi connectivity index (χ2v) is 7.89. The van der Waals surface area contributed by atoms with Crippen molar-refractivity contribution in [1.29, 1.82) is 0 Å². The Bertz CT molecular complexity index is 495. The van der Waals surface area contributed by atoms with Gasteiger partial charge in [-0.2, -0.15) is 0 Å². The van der Waals surface area contributed by atoms with Crippen LogP contribution in [0.1, 0.15) is 64.7 Å². The molecule has 0 saturated carbocycles. The summed E-state index contributed by atoms with van der Waals surface area (Å²) in [6, 6.07) is 6.73. The fraction of sp³-hybridized carbons (Fsp3) is 0.550. The molecule has 0 amide bonds. The average Bonchev–Trinajstić information content (AvgIpc) is 2.40. The normalized spacial score (nSPS) is 12.1. The molecule has 0 bridgehead atoms. The van der Waals surface area contributed by atoms with Crippen LogP contribution in [-0.2, 0) is 26.8 Å². The van der Waals surface area contributed by atoms with Crippen LogP contribution in [0.5, 0.6) is 0 Å². The lowest BCUT2D eigenvalue weighted by atomic mass is 9.79. The van der Waals surface area contributed by atoms with Crippen LogP contribution in [0.25, 0.3) is 0 Å². The van der Waals surface area contributed by atoms with Gasteiger partial charge in [-0.1, -0.05) is 72.4 Å². The summed E-state index contributed by atoms with van der Waals surface area (Å²) in [5, 5.41) is 0. The van der Waals surface area contributed by atoms with Crippen LogP contribution in [0.3, 0.4) is 0 Å². The van der Waals surface area contributed by atoms with Gasteiger partial charge < -0.3 is 4.74 Å². The molecule has 0 aromatic heterocycles. The van der Waals surface area contributed by atoms with Crippen molar-refractivity contribution in [1.82, 2.24) is 0 Å². The number of esters is 1. The molecule has 0 radical (unpaired) electrons. The zero-order valence-electron chi connectivity index (χ0n) is 15.0. The molecule has 0 aliphatic rings. The molecule has 2 heteroatoms. The van der Waals surface area contributed by atoms with Crippen molar-refractivity contribution in [3.8, 4) is 0 Å². The summed E-state index contributed by atoms with van der Waals surface area (Å²) in [7, 11) is 0. The molecule has 2 nitrogen and oxygen atoms in total. The predicted molar refractivity (Wildman–Crippen MR) is 93.3 cm³/mol. The summed E-state index contributed by atoms with van der Waals surface area (Å²) in [6.45, 7) is 17.2. The second kappa shape index (κ2) is 7.13. The topological polar surface area (TPSA) is 26.3 Å². The van der Waals surface area contributed by atoms with Crippen molar-refractivity contribution in [3.63, 3.8) is 0 Å². The van der Waals surface area contributed by atoms with E-state index in [9.17, 15) is 4.79 Å². The van der Waals surface area contributed by atoms with E-state index >= 15 is 0 Å². The molecular formula is C20H30O2. The summed E-state index contributed by atoms with van der Waals surface area (Å²) in [4.78, 5) is 11.7. The van der Waals surface area contributed by atoms with E-state index in [1.807, 2.05) is 0 Å². The van der Waals surface area contributed by atoms with E-state index in [1.165, 1.54) is 16.7 Å². The molecule has 0 aliphatic carbocycles. The summed E-state index contributed by atoms with van der Waals surface area (Å²) < 4.78 is 5.05. The van der Waals surface area contributed by atoms with Gasteiger partial charge in [0.05, 0.1) is 0 Å². The van der Waals surface area contributed by atoms with E-state index in [-0.39, 0.29) is 23.4 Å². The van der Waals surface area contributed by atoms with Crippen molar-refractivity contribution in [2.45, 2.75) is 65.2 Å². The smallest absolute Gasteiger partial charge is 0.306 e. The molecule has 1 aromatic carbocycles. The molecule has 0 heterocycles. The molecule has 1 aromatic rings. The minimum atomic E-state index is -0.168. The number of aryl methyl sites for hydroxylation is 1. The number of hydrogen-bond acceptors (Lipinski definition) is 2. The first kappa shape index (κ1) is 18.5. The minimum absolute atomic E-state index is 0.0966. The Labute approximate surface area is 135 Å². The highest BCUT2D eigenvalue weighted by atomic mass is 16.5. The summed E-state index contributed by atoms with van der Waals surface area (Å²) in [5.74, 6) is -0.168. The van der Waals surface area contributed by atoms with Gasteiger partial charge in [-0.3, -0.25) is 4.79 Å². The molecule has 1 rings (SSSR count). The third-order valence-electron chi connectivity index (χ3n) is 3.70. The lowest BCUT2D eigenvalue weighted by molar-refractivity contribution is -0.142. The third-order valence-corrected chi connectivity index (χ3v) is 3.70. The van der Waals surface area contributed by atoms with Gasteiger partial charge in [0.15, 0.2) is 0 Å². The standard InChI is InChI=1S/C20H30O2/c1-8-11-22-18(21)10-9-15-12-16(19(2,3)4)14-17(13-15)20(5,6)7/h8,12-14H,1,9-11H2,2-7H3. The van der Waals surface area contributed by atoms with Gasteiger partial charge in [0.2, 0.25) is 0 Å². The third kappa shape index (κ3) is 5.67. The van der Waals surface area contributed by atoms with Crippen molar-refractivity contribution in [2.75, 3.05) is 6.61 Å². The van der Waals surface area contributed by atoms with Gasteiger partial charge in [0, 0.05) is 6.42 Å². The first-order valence-electron chi connectivity index (χ1n) is 7.95. The maximum absolute atomic E-state index is 11.7. The van der Waals surface area contributed by atoms with Crippen LogP contribution in [-0.4, -0.2) is 12.6 Å². The number of carbonyl (C=O) groups excluding carboxylic acids is 1. The fourth-order valence-corrected chi connectivity index (χ4v) is 2.17. The van der Waals surface area contributed by atoms with E-state index in [4.69, 9.17) is 4.74 Å². The van der Waals surface area contributed by atoms with Crippen LogP contribution < -0.4 is 0 Å². The van der Waals surface area contributed by atoms with Crippen LogP contribution in [0.15, 0.2) is 30.9 Å². The van der Waals surface area contributed by atoms with Gasteiger partial charge in [-0.15, -0.1) is 0 Å².